The molecule has 0 heterocycles. The maximum Gasteiger partial charge on any atom is 0.185 e. The molecule has 0 spiro atoms. The zero-order valence-electron chi connectivity index (χ0n) is 13.6. The average Bonchev–Trinajstić information content (AvgIpc) is 2.49. The summed E-state index contributed by atoms with van der Waals surface area (Å²) in [4.78, 5) is 3.95. The van der Waals surface area contributed by atoms with Crippen LogP contribution in [0.25, 0.3) is 0 Å². The molecule has 0 fully saturated rings. The highest BCUT2D eigenvalue weighted by molar-refractivity contribution is 5.75. The van der Waals surface area contributed by atoms with E-state index in [2.05, 4.69) is 28.8 Å². The van der Waals surface area contributed by atoms with Gasteiger partial charge in [0, 0.05) is 24.4 Å². The molecule has 1 unspecified atom stereocenters. The molecule has 126 valence electrons. The molecule has 1 aromatic carbocycles. The van der Waals surface area contributed by atoms with Crippen LogP contribution in [-0.4, -0.2) is 18.5 Å². The van der Waals surface area contributed by atoms with Gasteiger partial charge in [-0.3, -0.25) is 4.99 Å². The van der Waals surface area contributed by atoms with Gasteiger partial charge in [-0.15, -0.1) is 0 Å². The monoisotopic (exact) mass is 319 g/mol. The number of nitrogens with zero attached hydrogens (tertiary/aromatic N) is 1. The van der Waals surface area contributed by atoms with Gasteiger partial charge in [0.2, 0.25) is 0 Å². The van der Waals surface area contributed by atoms with Crippen molar-refractivity contribution >= 4 is 5.96 Å². The summed E-state index contributed by atoms with van der Waals surface area (Å²) in [7, 11) is 0. The van der Waals surface area contributed by atoms with Gasteiger partial charge in [0.05, 0.1) is 6.04 Å². The highest BCUT2D eigenvalue weighted by Crippen LogP contribution is 2.11. The van der Waals surface area contributed by atoms with Crippen molar-refractivity contribution in [1.29, 1.82) is 0 Å². The minimum Gasteiger partial charge on any atom is -0.383 e. The molecule has 0 radical (unpaired) electrons. The van der Waals surface area contributed by atoms with Gasteiger partial charge >= 0.3 is 0 Å². The minimum atomic E-state index is -0.216. The molecule has 0 aliphatic heterocycles. The fourth-order valence-electron chi connectivity index (χ4n) is 2.13. The number of hydrogen-bond acceptors (Lipinski definition) is 3. The lowest BCUT2D eigenvalue weighted by Gasteiger charge is -2.21. The van der Waals surface area contributed by atoms with Gasteiger partial charge in [0.25, 0.3) is 0 Å². The van der Waals surface area contributed by atoms with Crippen LogP contribution in [0.2, 0.25) is 0 Å². The number of guanidine groups is 1. The van der Waals surface area contributed by atoms with Gasteiger partial charge in [0.15, 0.2) is 5.96 Å². The molecule has 6 N–H and O–H groups in total. The Kier molecular flexibility index (Phi) is 7.66. The Balaban J connectivity index is 2.53. The van der Waals surface area contributed by atoms with E-state index in [-0.39, 0.29) is 17.8 Å². The Morgan fingerprint density at radius 2 is 2.17 bits per heavy atom. The minimum absolute atomic E-state index is 0.0183. The lowest BCUT2D eigenvalue weighted by atomic mass is 10.1. The summed E-state index contributed by atoms with van der Waals surface area (Å²) in [6.45, 7) is 10.5. The Labute approximate surface area is 137 Å². The van der Waals surface area contributed by atoms with E-state index in [4.69, 9.17) is 11.5 Å². The molecule has 0 aliphatic rings. The van der Waals surface area contributed by atoms with Crippen molar-refractivity contribution < 1.29 is 4.39 Å². The Morgan fingerprint density at radius 3 is 2.78 bits per heavy atom. The molecule has 0 amide bonds. The van der Waals surface area contributed by atoms with Crippen molar-refractivity contribution in [3.05, 3.63) is 60.2 Å². The zero-order chi connectivity index (χ0) is 17.2. The maximum absolute atomic E-state index is 13.8. The van der Waals surface area contributed by atoms with Crippen molar-refractivity contribution in [3.8, 4) is 0 Å². The van der Waals surface area contributed by atoms with Crippen molar-refractivity contribution in [2.75, 3.05) is 6.54 Å². The molecule has 0 saturated heterocycles. The molecule has 5 nitrogen and oxygen atoms in total. The quantitative estimate of drug-likeness (QED) is 0.301. The molecule has 1 aromatic rings. The Morgan fingerprint density at radius 1 is 1.43 bits per heavy atom. The SMILES string of the molecule is C=CNC(CCCN=C(N)N)C(=C)NCc1ccc(C)cc1F. The van der Waals surface area contributed by atoms with Crippen molar-refractivity contribution in [3.63, 3.8) is 0 Å². The van der Waals surface area contributed by atoms with E-state index < -0.39 is 0 Å². The van der Waals surface area contributed by atoms with E-state index >= 15 is 0 Å². The number of hydrogen-bond donors (Lipinski definition) is 4. The zero-order valence-corrected chi connectivity index (χ0v) is 13.6. The second kappa shape index (κ2) is 9.50. The van der Waals surface area contributed by atoms with E-state index in [1.807, 2.05) is 13.0 Å². The van der Waals surface area contributed by atoms with Crippen LogP contribution in [0.5, 0.6) is 0 Å². The second-order valence-electron chi connectivity index (χ2n) is 5.35. The smallest absolute Gasteiger partial charge is 0.185 e. The first-order valence-corrected chi connectivity index (χ1v) is 7.54. The number of nitrogens with two attached hydrogens (primary N) is 2. The Hall–Kier alpha value is -2.50. The highest BCUT2D eigenvalue weighted by Gasteiger charge is 2.11. The predicted octanol–water partition coefficient (Wildman–Crippen LogP) is 1.89. The molecule has 23 heavy (non-hydrogen) atoms. The van der Waals surface area contributed by atoms with Crippen molar-refractivity contribution in [1.82, 2.24) is 10.6 Å². The standard InChI is InChI=1S/C17H26FN5/c1-4-21-16(6-5-9-22-17(19)20)13(3)23-11-14-8-7-12(2)10-15(14)18/h4,7-8,10,16,21,23H,1,3,5-6,9,11H2,2H3,(H4,19,20,22). The molecule has 1 atom stereocenters. The summed E-state index contributed by atoms with van der Waals surface area (Å²) >= 11 is 0. The van der Waals surface area contributed by atoms with E-state index in [9.17, 15) is 4.39 Å². The van der Waals surface area contributed by atoms with E-state index in [1.54, 1.807) is 12.3 Å². The van der Waals surface area contributed by atoms with Gasteiger partial charge in [-0.25, -0.2) is 4.39 Å². The van der Waals surface area contributed by atoms with Crippen molar-refractivity contribution in [2.24, 2.45) is 16.5 Å². The molecule has 0 bridgehead atoms. The molecule has 0 aliphatic carbocycles. The number of benzene rings is 1. The number of nitrogens with one attached hydrogen (secondary N) is 2. The highest BCUT2D eigenvalue weighted by atomic mass is 19.1. The van der Waals surface area contributed by atoms with Crippen molar-refractivity contribution in [2.45, 2.75) is 32.4 Å². The summed E-state index contributed by atoms with van der Waals surface area (Å²) in [6.07, 6.45) is 3.19. The fourth-order valence-corrected chi connectivity index (χ4v) is 2.13. The van der Waals surface area contributed by atoms with Gasteiger partial charge in [-0.1, -0.05) is 25.3 Å². The lowest BCUT2D eigenvalue weighted by Crippen LogP contribution is -2.33. The summed E-state index contributed by atoms with van der Waals surface area (Å²) in [5.41, 5.74) is 12.9. The van der Waals surface area contributed by atoms with Gasteiger partial charge in [0.1, 0.15) is 5.82 Å². The maximum atomic E-state index is 13.8. The van der Waals surface area contributed by atoms with Gasteiger partial charge < -0.3 is 22.1 Å². The lowest BCUT2D eigenvalue weighted by molar-refractivity contribution is 0.541. The first-order chi connectivity index (χ1) is 10.9. The normalized spacial score (nSPS) is 11.4. The number of halogens is 1. The van der Waals surface area contributed by atoms with Crippen LogP contribution in [0.15, 0.2) is 48.2 Å². The average molecular weight is 319 g/mol. The van der Waals surface area contributed by atoms with Crippen LogP contribution in [0, 0.1) is 12.7 Å². The number of aryl methyl sites for hydroxylation is 1. The third-order valence-corrected chi connectivity index (χ3v) is 3.40. The summed E-state index contributed by atoms with van der Waals surface area (Å²) in [6, 6.07) is 5.17. The van der Waals surface area contributed by atoms with Crippen LogP contribution in [0.4, 0.5) is 4.39 Å². The third kappa shape index (κ3) is 6.86. The number of aliphatic imine (C=N–C) groups is 1. The Bertz CT molecular complexity index is 564. The first-order valence-electron chi connectivity index (χ1n) is 7.54. The molecule has 0 aromatic heterocycles. The largest absolute Gasteiger partial charge is 0.383 e. The van der Waals surface area contributed by atoms with Crippen LogP contribution in [0.1, 0.15) is 24.0 Å². The topological polar surface area (TPSA) is 88.5 Å². The van der Waals surface area contributed by atoms with Gasteiger partial charge in [-0.2, -0.15) is 0 Å². The summed E-state index contributed by atoms with van der Waals surface area (Å²) in [5.74, 6) is -0.128. The molecular weight excluding hydrogens is 293 g/mol. The first kappa shape index (κ1) is 18.5. The summed E-state index contributed by atoms with van der Waals surface area (Å²) < 4.78 is 13.8. The van der Waals surface area contributed by atoms with Crippen LogP contribution < -0.4 is 22.1 Å². The molecule has 0 saturated carbocycles. The molecule has 6 heteroatoms. The predicted molar refractivity (Wildman–Crippen MR) is 94.1 cm³/mol. The van der Waals surface area contributed by atoms with E-state index in [0.29, 0.717) is 18.7 Å². The van der Waals surface area contributed by atoms with Crippen LogP contribution in [0.3, 0.4) is 0 Å². The van der Waals surface area contributed by atoms with Gasteiger partial charge in [-0.05, 0) is 37.6 Å². The fraction of sp³-hybridized carbons (Fsp3) is 0.353. The third-order valence-electron chi connectivity index (χ3n) is 3.40. The van der Waals surface area contributed by atoms with Crippen LogP contribution >= 0.6 is 0 Å². The van der Waals surface area contributed by atoms with Crippen LogP contribution in [-0.2, 0) is 6.54 Å². The second-order valence-corrected chi connectivity index (χ2v) is 5.35. The van der Waals surface area contributed by atoms with E-state index in [0.717, 1.165) is 24.1 Å². The number of rotatable bonds is 10. The van der Waals surface area contributed by atoms with E-state index in [1.165, 1.54) is 6.07 Å². The summed E-state index contributed by atoms with van der Waals surface area (Å²) in [5, 5.41) is 6.29. The molecule has 1 rings (SSSR count). The molecular formula is C17H26FN5.